The number of rotatable bonds is 5. The third-order valence-corrected chi connectivity index (χ3v) is 4.75. The molecule has 20 heavy (non-hydrogen) atoms. The minimum Gasteiger partial charge on any atom is -0.494 e. The molecule has 0 radical (unpaired) electrons. The molecule has 110 valence electrons. The highest BCUT2D eigenvalue weighted by Crippen LogP contribution is 2.35. The van der Waals surface area contributed by atoms with Crippen LogP contribution in [0.4, 0.5) is 0 Å². The van der Waals surface area contributed by atoms with E-state index in [0.29, 0.717) is 12.1 Å². The molecule has 4 heteroatoms. The van der Waals surface area contributed by atoms with Crippen molar-refractivity contribution in [2.24, 2.45) is 0 Å². The summed E-state index contributed by atoms with van der Waals surface area (Å²) in [6, 6.07) is 8.71. The van der Waals surface area contributed by atoms with Crippen LogP contribution >= 0.6 is 11.6 Å². The van der Waals surface area contributed by atoms with Gasteiger partial charge in [-0.2, -0.15) is 0 Å². The average Bonchev–Trinajstić information content (AvgIpc) is 2.67. The van der Waals surface area contributed by atoms with Gasteiger partial charge < -0.3 is 9.84 Å². The van der Waals surface area contributed by atoms with Crippen molar-refractivity contribution >= 4 is 11.6 Å². The number of halogens is 1. The normalized spacial score (nSPS) is 29.6. The van der Waals surface area contributed by atoms with Crippen LogP contribution in [0.2, 0.25) is 5.02 Å². The van der Waals surface area contributed by atoms with Crippen LogP contribution in [-0.4, -0.2) is 41.3 Å². The molecule has 1 N–H and O–H groups in total. The molecule has 3 nitrogen and oxygen atoms in total. The molecule has 0 saturated carbocycles. The Bertz CT molecular complexity index is 423. The highest BCUT2D eigenvalue weighted by molar-refractivity contribution is 6.30. The van der Waals surface area contributed by atoms with Gasteiger partial charge in [0.2, 0.25) is 0 Å². The lowest BCUT2D eigenvalue weighted by molar-refractivity contribution is 0.0331. The predicted molar refractivity (Wildman–Crippen MR) is 80.3 cm³/mol. The molecule has 2 bridgehead atoms. The molecule has 2 aliphatic rings. The van der Waals surface area contributed by atoms with E-state index < -0.39 is 0 Å². The highest BCUT2D eigenvalue weighted by Gasteiger charge is 2.39. The van der Waals surface area contributed by atoms with Gasteiger partial charge in [-0.25, -0.2) is 0 Å². The number of aliphatic hydroxyl groups is 1. The summed E-state index contributed by atoms with van der Waals surface area (Å²) < 4.78 is 5.73. The standard InChI is InChI=1S/C16H22ClNO2/c17-12-2-6-16(7-3-12)20-9-1-8-18-13-4-5-14(18)11-15(19)10-13/h2-3,6-7,13-15,19H,1,4-5,8-11H2. The zero-order valence-corrected chi connectivity index (χ0v) is 12.4. The molecule has 2 unspecified atom stereocenters. The van der Waals surface area contributed by atoms with Gasteiger partial charge >= 0.3 is 0 Å². The average molecular weight is 296 g/mol. The van der Waals surface area contributed by atoms with Gasteiger partial charge in [0, 0.05) is 23.7 Å². The number of fused-ring (bicyclic) bond motifs is 2. The van der Waals surface area contributed by atoms with Crippen molar-refractivity contribution in [1.82, 2.24) is 4.90 Å². The van der Waals surface area contributed by atoms with Gasteiger partial charge in [0.15, 0.2) is 0 Å². The third kappa shape index (κ3) is 3.27. The Morgan fingerprint density at radius 2 is 1.80 bits per heavy atom. The Hall–Kier alpha value is -0.770. The number of nitrogens with zero attached hydrogens (tertiary/aromatic N) is 1. The third-order valence-electron chi connectivity index (χ3n) is 4.50. The molecule has 2 fully saturated rings. The fraction of sp³-hybridized carbons (Fsp3) is 0.625. The minimum absolute atomic E-state index is 0.0749. The van der Waals surface area contributed by atoms with Gasteiger partial charge in [-0.1, -0.05) is 11.6 Å². The number of ether oxygens (including phenoxy) is 1. The Labute approximate surface area is 125 Å². The summed E-state index contributed by atoms with van der Waals surface area (Å²) in [7, 11) is 0. The lowest BCUT2D eigenvalue weighted by Crippen LogP contribution is -2.45. The monoisotopic (exact) mass is 295 g/mol. The van der Waals surface area contributed by atoms with E-state index in [1.165, 1.54) is 12.8 Å². The molecule has 0 amide bonds. The highest BCUT2D eigenvalue weighted by atomic mass is 35.5. The molecular formula is C16H22ClNO2. The molecule has 2 saturated heterocycles. The zero-order chi connectivity index (χ0) is 13.9. The van der Waals surface area contributed by atoms with E-state index in [-0.39, 0.29) is 6.10 Å². The van der Waals surface area contributed by atoms with E-state index in [4.69, 9.17) is 16.3 Å². The number of hydrogen-bond donors (Lipinski definition) is 1. The van der Waals surface area contributed by atoms with Crippen molar-refractivity contribution < 1.29 is 9.84 Å². The van der Waals surface area contributed by atoms with Crippen molar-refractivity contribution in [3.05, 3.63) is 29.3 Å². The quantitative estimate of drug-likeness (QED) is 0.847. The number of aliphatic hydroxyl groups excluding tert-OH is 1. The minimum atomic E-state index is -0.0749. The fourth-order valence-corrected chi connectivity index (χ4v) is 3.70. The number of piperidine rings is 1. The summed E-state index contributed by atoms with van der Waals surface area (Å²) >= 11 is 5.84. The molecule has 0 aliphatic carbocycles. The Morgan fingerprint density at radius 3 is 2.45 bits per heavy atom. The van der Waals surface area contributed by atoms with E-state index in [1.54, 1.807) is 0 Å². The number of benzene rings is 1. The molecule has 2 heterocycles. The summed E-state index contributed by atoms with van der Waals surface area (Å²) in [6.07, 6.45) is 5.36. The van der Waals surface area contributed by atoms with Crippen LogP contribution < -0.4 is 4.74 Å². The molecule has 3 rings (SSSR count). The van der Waals surface area contributed by atoms with E-state index in [0.717, 1.165) is 43.2 Å². The van der Waals surface area contributed by atoms with Crippen molar-refractivity contribution in [2.75, 3.05) is 13.2 Å². The Morgan fingerprint density at radius 1 is 1.15 bits per heavy atom. The summed E-state index contributed by atoms with van der Waals surface area (Å²) in [5, 5.41) is 10.5. The lowest BCUT2D eigenvalue weighted by Gasteiger charge is -2.37. The molecule has 1 aromatic carbocycles. The summed E-state index contributed by atoms with van der Waals surface area (Å²) in [4.78, 5) is 2.58. The molecule has 1 aromatic rings. The van der Waals surface area contributed by atoms with E-state index >= 15 is 0 Å². The maximum absolute atomic E-state index is 9.79. The Kier molecular flexibility index (Phi) is 4.49. The summed E-state index contributed by atoms with van der Waals surface area (Å²) in [6.45, 7) is 1.82. The van der Waals surface area contributed by atoms with E-state index in [2.05, 4.69) is 4.90 Å². The summed E-state index contributed by atoms with van der Waals surface area (Å²) in [5.74, 6) is 0.881. The van der Waals surface area contributed by atoms with Gasteiger partial charge in [-0.15, -0.1) is 0 Å². The van der Waals surface area contributed by atoms with Gasteiger partial charge in [0.25, 0.3) is 0 Å². The second-order valence-corrected chi connectivity index (χ2v) is 6.34. The largest absolute Gasteiger partial charge is 0.494 e. The first-order valence-electron chi connectivity index (χ1n) is 7.54. The van der Waals surface area contributed by atoms with Crippen LogP contribution in [0, 0.1) is 0 Å². The fourth-order valence-electron chi connectivity index (χ4n) is 3.58. The van der Waals surface area contributed by atoms with Crippen molar-refractivity contribution in [3.63, 3.8) is 0 Å². The second kappa shape index (κ2) is 6.33. The van der Waals surface area contributed by atoms with Crippen LogP contribution in [0.3, 0.4) is 0 Å². The van der Waals surface area contributed by atoms with Gasteiger partial charge in [-0.3, -0.25) is 4.90 Å². The first-order chi connectivity index (χ1) is 9.72. The summed E-state index contributed by atoms with van der Waals surface area (Å²) in [5.41, 5.74) is 0. The van der Waals surface area contributed by atoms with Crippen LogP contribution in [0.1, 0.15) is 32.1 Å². The molecule has 0 aromatic heterocycles. The van der Waals surface area contributed by atoms with Gasteiger partial charge in [0.1, 0.15) is 5.75 Å². The van der Waals surface area contributed by atoms with Crippen molar-refractivity contribution in [3.8, 4) is 5.75 Å². The van der Waals surface area contributed by atoms with E-state index in [9.17, 15) is 5.11 Å². The van der Waals surface area contributed by atoms with Gasteiger partial charge in [0.05, 0.1) is 12.7 Å². The topological polar surface area (TPSA) is 32.7 Å². The van der Waals surface area contributed by atoms with Crippen LogP contribution in [-0.2, 0) is 0 Å². The Balaban J connectivity index is 1.41. The smallest absolute Gasteiger partial charge is 0.119 e. The van der Waals surface area contributed by atoms with Crippen LogP contribution in [0.5, 0.6) is 5.75 Å². The first kappa shape index (κ1) is 14.2. The SMILES string of the molecule is OC1CC2CCC(C1)N2CCCOc1ccc(Cl)cc1. The number of hydrogen-bond acceptors (Lipinski definition) is 3. The van der Waals surface area contributed by atoms with Gasteiger partial charge in [-0.05, 0) is 56.4 Å². The molecule has 2 atom stereocenters. The van der Waals surface area contributed by atoms with Crippen LogP contribution in [0.25, 0.3) is 0 Å². The first-order valence-corrected chi connectivity index (χ1v) is 7.92. The molecular weight excluding hydrogens is 274 g/mol. The zero-order valence-electron chi connectivity index (χ0n) is 11.7. The van der Waals surface area contributed by atoms with Crippen LogP contribution in [0.15, 0.2) is 24.3 Å². The maximum Gasteiger partial charge on any atom is 0.119 e. The lowest BCUT2D eigenvalue weighted by atomic mass is 10.00. The van der Waals surface area contributed by atoms with E-state index in [1.807, 2.05) is 24.3 Å². The van der Waals surface area contributed by atoms with Crippen molar-refractivity contribution in [2.45, 2.75) is 50.3 Å². The second-order valence-electron chi connectivity index (χ2n) is 5.90. The maximum atomic E-state index is 9.79. The molecule has 2 aliphatic heterocycles. The van der Waals surface area contributed by atoms with Crippen molar-refractivity contribution in [1.29, 1.82) is 0 Å². The molecule has 0 spiro atoms. The predicted octanol–water partition coefficient (Wildman–Crippen LogP) is 3.10.